The fourth-order valence-electron chi connectivity index (χ4n) is 3.74. The normalized spacial score (nSPS) is 14.1. The van der Waals surface area contributed by atoms with Gasteiger partial charge in [0.2, 0.25) is 0 Å². The monoisotopic (exact) mass is 381 g/mol. The van der Waals surface area contributed by atoms with E-state index in [-0.39, 0.29) is 0 Å². The highest BCUT2D eigenvalue weighted by molar-refractivity contribution is 5.89. The fraction of sp³-hybridized carbons (Fsp3) is 0.167. The summed E-state index contributed by atoms with van der Waals surface area (Å²) in [6.45, 7) is 3.42. The van der Waals surface area contributed by atoms with Crippen molar-refractivity contribution in [1.29, 1.82) is 5.26 Å². The van der Waals surface area contributed by atoms with Gasteiger partial charge in [0.25, 0.3) is 0 Å². The van der Waals surface area contributed by atoms with E-state index in [0.29, 0.717) is 11.3 Å². The first-order chi connectivity index (χ1) is 14.3. The van der Waals surface area contributed by atoms with E-state index in [4.69, 9.17) is 9.15 Å². The topological polar surface area (TPSA) is 62.3 Å². The van der Waals surface area contributed by atoms with Gasteiger partial charge in [0.15, 0.2) is 0 Å². The second kappa shape index (κ2) is 7.42. The number of benzene rings is 2. The van der Waals surface area contributed by atoms with Crippen LogP contribution in [-0.2, 0) is 4.74 Å². The minimum absolute atomic E-state index is 0.502. The molecule has 2 aromatic carbocycles. The molecule has 5 heteroatoms. The Morgan fingerprint density at radius 3 is 2.55 bits per heavy atom. The highest BCUT2D eigenvalue weighted by atomic mass is 16.5. The third-order valence-corrected chi connectivity index (χ3v) is 5.30. The van der Waals surface area contributed by atoms with Crippen molar-refractivity contribution in [3.8, 4) is 28.7 Å². The average molecular weight is 381 g/mol. The van der Waals surface area contributed by atoms with Crippen molar-refractivity contribution in [2.24, 2.45) is 0 Å². The number of aromatic nitrogens is 1. The van der Waals surface area contributed by atoms with Gasteiger partial charge in [-0.1, -0.05) is 18.2 Å². The van der Waals surface area contributed by atoms with Gasteiger partial charge in [-0.05, 0) is 47.2 Å². The lowest BCUT2D eigenvalue weighted by Gasteiger charge is -2.29. The van der Waals surface area contributed by atoms with Gasteiger partial charge in [-0.25, -0.2) is 0 Å². The molecular formula is C24H19N3O2. The predicted molar refractivity (Wildman–Crippen MR) is 113 cm³/mol. The summed E-state index contributed by atoms with van der Waals surface area (Å²) >= 11 is 0. The molecule has 0 N–H and O–H groups in total. The molecule has 0 unspecified atom stereocenters. The van der Waals surface area contributed by atoms with Crippen LogP contribution in [-0.4, -0.2) is 31.3 Å². The number of hydrogen-bond donors (Lipinski definition) is 0. The highest BCUT2D eigenvalue weighted by Gasteiger charge is 2.13. The van der Waals surface area contributed by atoms with E-state index in [1.807, 2.05) is 12.1 Å². The zero-order valence-electron chi connectivity index (χ0n) is 15.8. The van der Waals surface area contributed by atoms with E-state index in [9.17, 15) is 5.26 Å². The van der Waals surface area contributed by atoms with Crippen LogP contribution in [0.5, 0.6) is 0 Å². The SMILES string of the molecule is N#Cc1cnccc1-c1ccc(-c2ccc3cc(N4CCOCC4)ccc3c2)o1. The van der Waals surface area contributed by atoms with Crippen molar-refractivity contribution in [2.75, 3.05) is 31.2 Å². The molecule has 1 saturated heterocycles. The molecule has 0 atom stereocenters. The maximum atomic E-state index is 9.30. The first kappa shape index (κ1) is 17.5. The summed E-state index contributed by atoms with van der Waals surface area (Å²) in [5, 5.41) is 11.7. The Labute approximate surface area is 168 Å². The molecule has 1 fully saturated rings. The van der Waals surface area contributed by atoms with Crippen LogP contribution in [0.15, 0.2) is 71.4 Å². The largest absolute Gasteiger partial charge is 0.456 e. The zero-order valence-corrected chi connectivity index (χ0v) is 15.8. The van der Waals surface area contributed by atoms with Crippen molar-refractivity contribution in [3.05, 3.63) is 72.6 Å². The quantitative estimate of drug-likeness (QED) is 0.507. The molecule has 5 rings (SSSR count). The van der Waals surface area contributed by atoms with Gasteiger partial charge in [0.05, 0.1) is 18.8 Å². The Balaban J connectivity index is 1.47. The maximum Gasteiger partial charge on any atom is 0.136 e. The highest BCUT2D eigenvalue weighted by Crippen LogP contribution is 2.32. The van der Waals surface area contributed by atoms with Crippen LogP contribution >= 0.6 is 0 Å². The summed E-state index contributed by atoms with van der Waals surface area (Å²) in [4.78, 5) is 6.37. The van der Waals surface area contributed by atoms with E-state index < -0.39 is 0 Å². The summed E-state index contributed by atoms with van der Waals surface area (Å²) in [7, 11) is 0. The molecule has 5 nitrogen and oxygen atoms in total. The maximum absolute atomic E-state index is 9.30. The van der Waals surface area contributed by atoms with Crippen molar-refractivity contribution in [1.82, 2.24) is 4.98 Å². The molecule has 142 valence electrons. The van der Waals surface area contributed by atoms with E-state index in [2.05, 4.69) is 52.4 Å². The molecule has 0 spiro atoms. The summed E-state index contributed by atoms with van der Waals surface area (Å²) in [5.74, 6) is 1.45. The van der Waals surface area contributed by atoms with Crippen LogP contribution in [0.2, 0.25) is 0 Å². The number of anilines is 1. The number of rotatable bonds is 3. The number of nitriles is 1. The van der Waals surface area contributed by atoms with Crippen molar-refractivity contribution < 1.29 is 9.15 Å². The lowest BCUT2D eigenvalue weighted by molar-refractivity contribution is 0.122. The smallest absolute Gasteiger partial charge is 0.136 e. The van der Waals surface area contributed by atoms with Gasteiger partial charge in [-0.15, -0.1) is 0 Å². The lowest BCUT2D eigenvalue weighted by Crippen LogP contribution is -2.36. The molecule has 29 heavy (non-hydrogen) atoms. The van der Waals surface area contributed by atoms with Crippen LogP contribution in [0.3, 0.4) is 0 Å². The van der Waals surface area contributed by atoms with E-state index in [1.165, 1.54) is 16.5 Å². The van der Waals surface area contributed by atoms with Crippen LogP contribution in [0.1, 0.15) is 5.56 Å². The number of morpholine rings is 1. The molecule has 1 aliphatic rings. The number of pyridine rings is 1. The minimum atomic E-state index is 0.502. The Bertz CT molecular complexity index is 1220. The summed E-state index contributed by atoms with van der Waals surface area (Å²) in [6.07, 6.45) is 3.22. The molecule has 0 aliphatic carbocycles. The lowest BCUT2D eigenvalue weighted by atomic mass is 10.0. The van der Waals surface area contributed by atoms with Crippen molar-refractivity contribution in [3.63, 3.8) is 0 Å². The van der Waals surface area contributed by atoms with Crippen LogP contribution < -0.4 is 4.90 Å². The number of ether oxygens (including phenoxy) is 1. The molecule has 0 amide bonds. The minimum Gasteiger partial charge on any atom is -0.456 e. The molecule has 0 saturated carbocycles. The molecule has 3 heterocycles. The van der Waals surface area contributed by atoms with E-state index in [1.54, 1.807) is 18.5 Å². The standard InChI is InChI=1S/C24H19N3O2/c25-15-20-16-26-8-7-22(20)24-6-5-23(29-24)19-2-1-18-14-21(4-3-17(18)13-19)27-9-11-28-12-10-27/h1-8,13-14,16H,9-12H2. The molecular weight excluding hydrogens is 362 g/mol. The first-order valence-electron chi connectivity index (χ1n) is 9.63. The number of fused-ring (bicyclic) bond motifs is 1. The number of furan rings is 1. The van der Waals surface area contributed by atoms with Crippen molar-refractivity contribution >= 4 is 16.5 Å². The van der Waals surface area contributed by atoms with Crippen LogP contribution in [0.4, 0.5) is 5.69 Å². The van der Waals surface area contributed by atoms with E-state index in [0.717, 1.165) is 43.2 Å². The average Bonchev–Trinajstić information content (AvgIpc) is 3.29. The Hall–Kier alpha value is -3.62. The predicted octanol–water partition coefficient (Wildman–Crippen LogP) is 4.87. The molecule has 4 aromatic rings. The second-order valence-electron chi connectivity index (χ2n) is 7.04. The number of nitrogens with zero attached hydrogens (tertiary/aromatic N) is 3. The van der Waals surface area contributed by atoms with Gasteiger partial charge in [0.1, 0.15) is 17.6 Å². The number of hydrogen-bond acceptors (Lipinski definition) is 5. The van der Waals surface area contributed by atoms with Gasteiger partial charge in [-0.2, -0.15) is 5.26 Å². The van der Waals surface area contributed by atoms with Crippen molar-refractivity contribution in [2.45, 2.75) is 0 Å². The first-order valence-corrected chi connectivity index (χ1v) is 9.63. The summed E-state index contributed by atoms with van der Waals surface area (Å²) in [5.41, 5.74) is 3.50. The summed E-state index contributed by atoms with van der Waals surface area (Å²) in [6, 6.07) is 20.7. The fourth-order valence-corrected chi connectivity index (χ4v) is 3.74. The van der Waals surface area contributed by atoms with E-state index >= 15 is 0 Å². The third-order valence-electron chi connectivity index (χ3n) is 5.30. The van der Waals surface area contributed by atoms with Gasteiger partial charge < -0.3 is 14.1 Å². The van der Waals surface area contributed by atoms with Crippen LogP contribution in [0.25, 0.3) is 33.4 Å². The summed E-state index contributed by atoms with van der Waals surface area (Å²) < 4.78 is 11.5. The van der Waals surface area contributed by atoms with Gasteiger partial charge >= 0.3 is 0 Å². The molecule has 0 bridgehead atoms. The molecule has 0 radical (unpaired) electrons. The molecule has 1 aliphatic heterocycles. The van der Waals surface area contributed by atoms with Gasteiger partial charge in [-0.3, -0.25) is 4.98 Å². The second-order valence-corrected chi connectivity index (χ2v) is 7.04. The zero-order chi connectivity index (χ0) is 19.6. The third kappa shape index (κ3) is 3.35. The van der Waals surface area contributed by atoms with Gasteiger partial charge in [0, 0.05) is 42.3 Å². The Kier molecular flexibility index (Phi) is 4.47. The Morgan fingerprint density at radius 1 is 0.897 bits per heavy atom. The molecule has 2 aromatic heterocycles. The Morgan fingerprint density at radius 2 is 1.69 bits per heavy atom. The van der Waals surface area contributed by atoms with Crippen LogP contribution in [0, 0.1) is 11.3 Å².